The van der Waals surface area contributed by atoms with Crippen LogP contribution in [0.25, 0.3) is 32.9 Å². The smallest absolute Gasteiger partial charge is 0.413 e. The van der Waals surface area contributed by atoms with Gasteiger partial charge in [0.2, 0.25) is 5.95 Å². The Balaban J connectivity index is 1.51. The molecule has 38 heavy (non-hydrogen) atoms. The molecule has 0 bridgehead atoms. The number of ether oxygens (including phenoxy) is 3. The lowest BCUT2D eigenvalue weighted by molar-refractivity contribution is 0.146. The Bertz CT molecular complexity index is 1660. The SMILES string of the molecule is CCOC(=O)Nc1nc2cc(-c3cc(Cc4n[nH]c(=O)c5ccccc45)ccc3OCCOC)ccc2[nH]1. The summed E-state index contributed by atoms with van der Waals surface area (Å²) in [7, 11) is 1.63. The van der Waals surface area contributed by atoms with E-state index in [-0.39, 0.29) is 12.2 Å². The van der Waals surface area contributed by atoms with Crippen molar-refractivity contribution in [3.63, 3.8) is 0 Å². The fourth-order valence-corrected chi connectivity index (χ4v) is 4.27. The van der Waals surface area contributed by atoms with Crippen LogP contribution in [0.15, 0.2) is 65.5 Å². The van der Waals surface area contributed by atoms with Crippen molar-refractivity contribution in [3.05, 3.63) is 82.3 Å². The first-order valence-corrected chi connectivity index (χ1v) is 12.2. The molecule has 10 heteroatoms. The maximum absolute atomic E-state index is 12.2. The summed E-state index contributed by atoms with van der Waals surface area (Å²) in [5.74, 6) is 1.00. The zero-order valence-electron chi connectivity index (χ0n) is 21.0. The molecule has 194 valence electrons. The summed E-state index contributed by atoms with van der Waals surface area (Å²) in [6.45, 7) is 2.85. The van der Waals surface area contributed by atoms with Crippen LogP contribution in [0, 0.1) is 0 Å². The summed E-state index contributed by atoms with van der Waals surface area (Å²) in [5, 5.41) is 10.9. The van der Waals surface area contributed by atoms with E-state index in [0.29, 0.717) is 42.2 Å². The number of nitrogens with zero attached hydrogens (tertiary/aromatic N) is 2. The summed E-state index contributed by atoms with van der Waals surface area (Å²) in [6, 6.07) is 19.2. The number of anilines is 1. The number of imidazole rings is 1. The monoisotopic (exact) mass is 513 g/mol. The molecule has 3 aromatic carbocycles. The largest absolute Gasteiger partial charge is 0.491 e. The molecule has 5 rings (SSSR count). The first kappa shape index (κ1) is 25.0. The number of hydrogen-bond acceptors (Lipinski definition) is 7. The van der Waals surface area contributed by atoms with E-state index in [0.717, 1.165) is 33.3 Å². The summed E-state index contributed by atoms with van der Waals surface area (Å²) >= 11 is 0. The first-order chi connectivity index (χ1) is 18.6. The summed E-state index contributed by atoms with van der Waals surface area (Å²) in [6.07, 6.45) is -0.0577. The number of benzene rings is 3. The molecule has 0 atom stereocenters. The Morgan fingerprint density at radius 2 is 1.87 bits per heavy atom. The molecule has 0 spiro atoms. The second-order valence-electron chi connectivity index (χ2n) is 8.56. The van der Waals surface area contributed by atoms with Crippen molar-refractivity contribution >= 4 is 33.8 Å². The van der Waals surface area contributed by atoms with Gasteiger partial charge in [0, 0.05) is 24.5 Å². The van der Waals surface area contributed by atoms with Crippen LogP contribution in [0.2, 0.25) is 0 Å². The Kier molecular flexibility index (Phi) is 7.32. The molecule has 5 aromatic rings. The van der Waals surface area contributed by atoms with Gasteiger partial charge >= 0.3 is 6.09 Å². The Hall–Kier alpha value is -4.70. The van der Waals surface area contributed by atoms with Gasteiger partial charge in [-0.25, -0.2) is 14.9 Å². The van der Waals surface area contributed by atoms with E-state index in [2.05, 4.69) is 31.5 Å². The van der Waals surface area contributed by atoms with Crippen LogP contribution in [0.5, 0.6) is 5.75 Å². The number of fused-ring (bicyclic) bond motifs is 2. The minimum Gasteiger partial charge on any atom is -0.491 e. The van der Waals surface area contributed by atoms with E-state index >= 15 is 0 Å². The number of carbonyl (C=O) groups is 1. The fourth-order valence-electron chi connectivity index (χ4n) is 4.27. The lowest BCUT2D eigenvalue weighted by Gasteiger charge is -2.14. The molecule has 2 heterocycles. The number of methoxy groups -OCH3 is 1. The zero-order valence-corrected chi connectivity index (χ0v) is 21.0. The molecule has 2 aromatic heterocycles. The van der Waals surface area contributed by atoms with Crippen molar-refractivity contribution in [1.82, 2.24) is 20.2 Å². The third kappa shape index (κ3) is 5.35. The van der Waals surface area contributed by atoms with Crippen LogP contribution < -0.4 is 15.6 Å². The van der Waals surface area contributed by atoms with Crippen molar-refractivity contribution < 1.29 is 19.0 Å². The second-order valence-corrected chi connectivity index (χ2v) is 8.56. The van der Waals surface area contributed by atoms with Crippen LogP contribution in [-0.2, 0) is 15.9 Å². The second kappa shape index (κ2) is 11.1. The van der Waals surface area contributed by atoms with Crippen molar-refractivity contribution in [1.29, 1.82) is 0 Å². The minimum absolute atomic E-state index is 0.212. The Morgan fingerprint density at radius 3 is 2.68 bits per heavy atom. The van der Waals surface area contributed by atoms with Crippen molar-refractivity contribution in [3.8, 4) is 16.9 Å². The molecule has 3 N–H and O–H groups in total. The van der Waals surface area contributed by atoms with Gasteiger partial charge in [-0.1, -0.05) is 30.3 Å². The summed E-state index contributed by atoms with van der Waals surface area (Å²) < 4.78 is 16.1. The van der Waals surface area contributed by atoms with Gasteiger partial charge in [0.15, 0.2) is 0 Å². The highest BCUT2D eigenvalue weighted by Crippen LogP contribution is 2.34. The standard InChI is InChI=1S/C28H27N5O5/c1-3-37-28(35)31-27-29-22-10-9-18(16-24(22)30-27)21-14-17(8-11-25(21)38-13-12-36-2)15-23-19-6-4-5-7-20(19)26(34)33-32-23/h4-11,14,16H,3,12-13,15H2,1-2H3,(H,33,34)(H2,29,30,31,35). The van der Waals surface area contributed by atoms with Crippen LogP contribution >= 0.6 is 0 Å². The third-order valence-electron chi connectivity index (χ3n) is 6.03. The average molecular weight is 514 g/mol. The van der Waals surface area contributed by atoms with Crippen molar-refractivity contribution in [2.45, 2.75) is 13.3 Å². The van der Waals surface area contributed by atoms with Gasteiger partial charge in [-0.15, -0.1) is 0 Å². The van der Waals surface area contributed by atoms with Gasteiger partial charge < -0.3 is 19.2 Å². The zero-order chi connectivity index (χ0) is 26.5. The van der Waals surface area contributed by atoms with E-state index in [1.54, 1.807) is 20.1 Å². The number of hydrogen-bond donors (Lipinski definition) is 3. The molecule has 0 aliphatic carbocycles. The molecule has 0 aliphatic heterocycles. The molecule has 0 saturated heterocycles. The number of rotatable bonds is 9. The van der Waals surface area contributed by atoms with Gasteiger partial charge in [-0.3, -0.25) is 10.1 Å². The van der Waals surface area contributed by atoms with Gasteiger partial charge in [-0.05, 0) is 48.4 Å². The highest BCUT2D eigenvalue weighted by atomic mass is 16.5. The molecule has 0 unspecified atom stereocenters. The number of H-pyrrole nitrogens is 2. The van der Waals surface area contributed by atoms with Crippen LogP contribution in [0.4, 0.5) is 10.7 Å². The fraction of sp³-hybridized carbons (Fsp3) is 0.214. The summed E-state index contributed by atoms with van der Waals surface area (Å²) in [4.78, 5) is 31.6. The number of aromatic nitrogens is 4. The molecular weight excluding hydrogens is 486 g/mol. The van der Waals surface area contributed by atoms with Crippen LogP contribution in [0.1, 0.15) is 18.2 Å². The molecule has 1 amide bonds. The third-order valence-corrected chi connectivity index (χ3v) is 6.03. The number of nitrogens with one attached hydrogen (secondary N) is 3. The maximum Gasteiger partial charge on any atom is 0.413 e. The lowest BCUT2D eigenvalue weighted by Crippen LogP contribution is -2.14. The number of amides is 1. The normalized spacial score (nSPS) is 11.1. The number of aromatic amines is 2. The molecule has 0 saturated carbocycles. The maximum atomic E-state index is 12.2. The molecule has 0 radical (unpaired) electrons. The Labute approximate surface area is 218 Å². The molecular formula is C28H27N5O5. The number of carbonyl (C=O) groups excluding carboxylic acids is 1. The Morgan fingerprint density at radius 1 is 1.03 bits per heavy atom. The summed E-state index contributed by atoms with van der Waals surface area (Å²) in [5.41, 5.74) is 4.76. The van der Waals surface area contributed by atoms with Crippen LogP contribution in [0.3, 0.4) is 0 Å². The van der Waals surface area contributed by atoms with Crippen molar-refractivity contribution in [2.24, 2.45) is 0 Å². The van der Waals surface area contributed by atoms with E-state index < -0.39 is 6.09 Å². The highest BCUT2D eigenvalue weighted by molar-refractivity contribution is 5.89. The van der Waals surface area contributed by atoms with Gasteiger partial charge in [0.05, 0.1) is 35.3 Å². The molecule has 10 nitrogen and oxygen atoms in total. The highest BCUT2D eigenvalue weighted by Gasteiger charge is 2.14. The molecule has 0 fully saturated rings. The molecule has 0 aliphatic rings. The van der Waals surface area contributed by atoms with E-state index in [1.165, 1.54) is 0 Å². The topological polar surface area (TPSA) is 131 Å². The van der Waals surface area contributed by atoms with Gasteiger partial charge in [0.1, 0.15) is 12.4 Å². The van der Waals surface area contributed by atoms with Gasteiger partial charge in [-0.2, -0.15) is 5.10 Å². The lowest BCUT2D eigenvalue weighted by atomic mass is 9.98. The quantitative estimate of drug-likeness (QED) is 0.245. The minimum atomic E-state index is -0.572. The van der Waals surface area contributed by atoms with E-state index in [1.807, 2.05) is 48.5 Å². The van der Waals surface area contributed by atoms with Crippen molar-refractivity contribution in [2.75, 3.05) is 32.2 Å². The average Bonchev–Trinajstić information content (AvgIpc) is 3.32. The van der Waals surface area contributed by atoms with Crippen LogP contribution in [-0.4, -0.2) is 53.2 Å². The predicted octanol–water partition coefficient (Wildman–Crippen LogP) is 4.65. The van der Waals surface area contributed by atoms with Gasteiger partial charge in [0.25, 0.3) is 5.56 Å². The predicted molar refractivity (Wildman–Crippen MR) is 145 cm³/mol. The van der Waals surface area contributed by atoms with E-state index in [9.17, 15) is 9.59 Å². The first-order valence-electron chi connectivity index (χ1n) is 12.2. The van der Waals surface area contributed by atoms with E-state index in [4.69, 9.17) is 14.2 Å².